The van der Waals surface area contributed by atoms with Gasteiger partial charge in [-0.05, 0) is 23.5 Å². The monoisotopic (exact) mass is 248 g/mol. The molecule has 4 heteroatoms. The van der Waals surface area contributed by atoms with E-state index in [2.05, 4.69) is 49.5 Å². The third-order valence-electron chi connectivity index (χ3n) is 2.62. The average Bonchev–Trinajstić information content (AvgIpc) is 2.33. The second-order valence-electron chi connectivity index (χ2n) is 5.30. The summed E-state index contributed by atoms with van der Waals surface area (Å²) < 4.78 is 0. The maximum absolute atomic E-state index is 5.48. The smallest absolute Gasteiger partial charge is 0.210 e. The molecule has 100 valence electrons. The van der Waals surface area contributed by atoms with Crippen LogP contribution in [0.5, 0.6) is 0 Å². The van der Waals surface area contributed by atoms with Crippen LogP contribution in [0.4, 0.5) is 5.69 Å². The molecule has 0 aliphatic carbocycles. The quantitative estimate of drug-likeness (QED) is 0.333. The lowest BCUT2D eigenvalue weighted by Crippen LogP contribution is -2.37. The van der Waals surface area contributed by atoms with Gasteiger partial charge in [-0.1, -0.05) is 45.9 Å². The Labute approximate surface area is 110 Å². The summed E-state index contributed by atoms with van der Waals surface area (Å²) in [6.45, 7) is 9.40. The molecule has 0 saturated carbocycles. The lowest BCUT2D eigenvalue weighted by atomic mass is 9.86. The van der Waals surface area contributed by atoms with Crippen LogP contribution in [-0.2, 0) is 5.41 Å². The first kappa shape index (κ1) is 14.5. The molecule has 1 aromatic carbocycles. The third-order valence-corrected chi connectivity index (χ3v) is 2.62. The van der Waals surface area contributed by atoms with Gasteiger partial charge in [-0.3, -0.25) is 10.4 Å². The number of rotatable bonds is 3. The molecule has 4 N–H and O–H groups in total. The van der Waals surface area contributed by atoms with Crippen molar-refractivity contribution in [2.45, 2.75) is 39.5 Å². The molecule has 0 saturated heterocycles. The van der Waals surface area contributed by atoms with E-state index in [0.717, 1.165) is 18.7 Å². The van der Waals surface area contributed by atoms with Crippen molar-refractivity contribution in [3.05, 3.63) is 29.8 Å². The lowest BCUT2D eigenvalue weighted by molar-refractivity contribution is 0.592. The first-order valence-corrected chi connectivity index (χ1v) is 6.36. The summed E-state index contributed by atoms with van der Waals surface area (Å²) in [5.74, 6) is 6.08. The number of para-hydroxylation sites is 1. The topological polar surface area (TPSA) is 62.4 Å². The van der Waals surface area contributed by atoms with Gasteiger partial charge in [0.1, 0.15) is 0 Å². The molecule has 1 aromatic rings. The minimum absolute atomic E-state index is 0.0774. The van der Waals surface area contributed by atoms with E-state index in [1.54, 1.807) is 0 Å². The number of benzene rings is 1. The second kappa shape index (κ2) is 6.40. The Morgan fingerprint density at radius 2 is 1.94 bits per heavy atom. The molecule has 0 spiro atoms. The van der Waals surface area contributed by atoms with Crippen molar-refractivity contribution in [3.63, 3.8) is 0 Å². The van der Waals surface area contributed by atoms with Gasteiger partial charge >= 0.3 is 0 Å². The second-order valence-corrected chi connectivity index (χ2v) is 5.30. The molecule has 0 radical (unpaired) electrons. The van der Waals surface area contributed by atoms with E-state index in [4.69, 9.17) is 5.84 Å². The number of nitrogens with one attached hydrogen (secondary N) is 2. The minimum atomic E-state index is 0.0774. The predicted octanol–water partition coefficient (Wildman–Crippen LogP) is 2.63. The van der Waals surface area contributed by atoms with Crippen molar-refractivity contribution in [2.24, 2.45) is 10.8 Å². The molecular weight excluding hydrogens is 224 g/mol. The number of aliphatic imine (C=N–C) groups is 1. The highest BCUT2D eigenvalue weighted by molar-refractivity contribution is 5.94. The van der Waals surface area contributed by atoms with Crippen molar-refractivity contribution >= 4 is 11.6 Å². The minimum Gasteiger partial charge on any atom is -0.325 e. The maximum atomic E-state index is 5.48. The van der Waals surface area contributed by atoms with E-state index in [9.17, 15) is 0 Å². The number of nitrogens with two attached hydrogens (primary N) is 1. The largest absolute Gasteiger partial charge is 0.325 e. The third kappa shape index (κ3) is 4.04. The predicted molar refractivity (Wildman–Crippen MR) is 78.7 cm³/mol. The Balaban J connectivity index is 2.96. The summed E-state index contributed by atoms with van der Waals surface area (Å²) >= 11 is 0. The zero-order chi connectivity index (χ0) is 13.6. The van der Waals surface area contributed by atoms with Gasteiger partial charge in [0.15, 0.2) is 0 Å². The SMILES string of the molecule is CCCN=C(NN)Nc1ccccc1C(C)(C)C. The van der Waals surface area contributed by atoms with Crippen molar-refractivity contribution in [1.29, 1.82) is 0 Å². The number of guanidine groups is 1. The molecule has 0 bridgehead atoms. The van der Waals surface area contributed by atoms with Gasteiger partial charge in [0.2, 0.25) is 5.96 Å². The average molecular weight is 248 g/mol. The number of hydrogen-bond donors (Lipinski definition) is 3. The summed E-state index contributed by atoms with van der Waals surface area (Å²) in [6.07, 6.45) is 0.994. The number of anilines is 1. The van der Waals surface area contributed by atoms with E-state index in [1.807, 2.05) is 18.2 Å². The molecule has 0 aliphatic heterocycles. The Hall–Kier alpha value is -1.55. The van der Waals surface area contributed by atoms with Crippen LogP contribution >= 0.6 is 0 Å². The molecule has 0 aromatic heterocycles. The van der Waals surface area contributed by atoms with Crippen LogP contribution in [0.25, 0.3) is 0 Å². The molecule has 0 unspecified atom stereocenters. The van der Waals surface area contributed by atoms with E-state index in [1.165, 1.54) is 5.56 Å². The van der Waals surface area contributed by atoms with Crippen LogP contribution in [0, 0.1) is 0 Å². The fourth-order valence-electron chi connectivity index (χ4n) is 1.72. The summed E-state index contributed by atoms with van der Waals surface area (Å²) in [6, 6.07) is 8.21. The Bertz CT molecular complexity index is 405. The van der Waals surface area contributed by atoms with Crippen LogP contribution in [0.3, 0.4) is 0 Å². The summed E-state index contributed by atoms with van der Waals surface area (Å²) in [5.41, 5.74) is 4.96. The van der Waals surface area contributed by atoms with Gasteiger partial charge in [-0.2, -0.15) is 0 Å². The van der Waals surface area contributed by atoms with Gasteiger partial charge in [0.25, 0.3) is 0 Å². The summed E-state index contributed by atoms with van der Waals surface area (Å²) in [4.78, 5) is 4.35. The van der Waals surface area contributed by atoms with Crippen LogP contribution in [0.15, 0.2) is 29.3 Å². The van der Waals surface area contributed by atoms with Gasteiger partial charge in [-0.15, -0.1) is 0 Å². The van der Waals surface area contributed by atoms with Crippen LogP contribution in [0.1, 0.15) is 39.7 Å². The molecule has 1 rings (SSSR count). The fraction of sp³-hybridized carbons (Fsp3) is 0.500. The zero-order valence-corrected chi connectivity index (χ0v) is 11.7. The highest BCUT2D eigenvalue weighted by atomic mass is 15.3. The number of nitrogens with zero attached hydrogens (tertiary/aromatic N) is 1. The normalized spacial score (nSPS) is 12.4. The molecule has 0 atom stereocenters. The van der Waals surface area contributed by atoms with Crippen molar-refractivity contribution in [1.82, 2.24) is 5.43 Å². The molecule has 0 amide bonds. The van der Waals surface area contributed by atoms with Crippen LogP contribution < -0.4 is 16.6 Å². The van der Waals surface area contributed by atoms with Gasteiger partial charge < -0.3 is 5.32 Å². The van der Waals surface area contributed by atoms with Crippen molar-refractivity contribution in [2.75, 3.05) is 11.9 Å². The molecule has 0 heterocycles. The summed E-state index contributed by atoms with van der Waals surface area (Å²) in [5, 5.41) is 3.25. The summed E-state index contributed by atoms with van der Waals surface area (Å²) in [7, 11) is 0. The van der Waals surface area contributed by atoms with E-state index >= 15 is 0 Å². The van der Waals surface area contributed by atoms with E-state index in [0.29, 0.717) is 5.96 Å². The standard InChI is InChI=1S/C14H24N4/c1-5-10-16-13(18-15)17-12-9-7-6-8-11(12)14(2,3)4/h6-9H,5,10,15H2,1-4H3,(H2,16,17,18). The molecule has 4 nitrogen and oxygen atoms in total. The Kier molecular flexibility index (Phi) is 5.16. The maximum Gasteiger partial charge on any atom is 0.210 e. The molecule has 0 fully saturated rings. The first-order chi connectivity index (χ1) is 8.49. The highest BCUT2D eigenvalue weighted by Crippen LogP contribution is 2.29. The van der Waals surface area contributed by atoms with Crippen molar-refractivity contribution < 1.29 is 0 Å². The lowest BCUT2D eigenvalue weighted by Gasteiger charge is -2.23. The van der Waals surface area contributed by atoms with Gasteiger partial charge in [-0.25, -0.2) is 5.84 Å². The number of hydrazine groups is 1. The number of hydrogen-bond acceptors (Lipinski definition) is 2. The Morgan fingerprint density at radius 1 is 1.28 bits per heavy atom. The van der Waals surface area contributed by atoms with Crippen molar-refractivity contribution in [3.8, 4) is 0 Å². The van der Waals surface area contributed by atoms with Gasteiger partial charge in [0, 0.05) is 12.2 Å². The van der Waals surface area contributed by atoms with Crippen LogP contribution in [0.2, 0.25) is 0 Å². The van der Waals surface area contributed by atoms with Crippen LogP contribution in [-0.4, -0.2) is 12.5 Å². The first-order valence-electron chi connectivity index (χ1n) is 6.36. The van der Waals surface area contributed by atoms with Gasteiger partial charge in [0.05, 0.1) is 0 Å². The Morgan fingerprint density at radius 3 is 2.50 bits per heavy atom. The fourth-order valence-corrected chi connectivity index (χ4v) is 1.72. The molecular formula is C14H24N4. The molecule has 0 aliphatic rings. The zero-order valence-electron chi connectivity index (χ0n) is 11.7. The van der Waals surface area contributed by atoms with E-state index in [-0.39, 0.29) is 5.41 Å². The highest BCUT2D eigenvalue weighted by Gasteiger charge is 2.17. The molecule has 18 heavy (non-hydrogen) atoms. The van der Waals surface area contributed by atoms with E-state index < -0.39 is 0 Å².